The van der Waals surface area contributed by atoms with Crippen LogP contribution in [0, 0.1) is 0 Å². The molecule has 2 N–H and O–H groups in total. The summed E-state index contributed by atoms with van der Waals surface area (Å²) in [6, 6.07) is 5.99. The van der Waals surface area contributed by atoms with Crippen molar-refractivity contribution in [1.82, 2.24) is 5.32 Å². The van der Waals surface area contributed by atoms with E-state index in [2.05, 4.69) is 28.2 Å². The lowest BCUT2D eigenvalue weighted by Gasteiger charge is -2.13. The fraction of sp³-hybridized carbons (Fsp3) is 0.538. The SMILES string of the molecule is CCNCc1cccc(Br)c1OCCOCCO. The van der Waals surface area contributed by atoms with E-state index in [0.717, 1.165) is 28.9 Å². The third-order valence-electron chi connectivity index (χ3n) is 2.32. The van der Waals surface area contributed by atoms with E-state index >= 15 is 0 Å². The van der Waals surface area contributed by atoms with Crippen molar-refractivity contribution < 1.29 is 14.6 Å². The Kier molecular flexibility index (Phi) is 8.00. The van der Waals surface area contributed by atoms with Crippen LogP contribution >= 0.6 is 15.9 Å². The quantitative estimate of drug-likeness (QED) is 0.683. The highest BCUT2D eigenvalue weighted by Crippen LogP contribution is 2.28. The first-order valence-electron chi connectivity index (χ1n) is 6.09. The van der Waals surface area contributed by atoms with Crippen LogP contribution in [0.25, 0.3) is 0 Å². The normalized spacial score (nSPS) is 10.6. The second-order valence-corrected chi connectivity index (χ2v) is 4.55. The number of nitrogens with one attached hydrogen (secondary N) is 1. The van der Waals surface area contributed by atoms with Gasteiger partial charge in [0.1, 0.15) is 12.4 Å². The van der Waals surface area contributed by atoms with Gasteiger partial charge in [0.2, 0.25) is 0 Å². The van der Waals surface area contributed by atoms with Gasteiger partial charge in [-0.1, -0.05) is 19.1 Å². The molecule has 0 atom stereocenters. The predicted molar refractivity (Wildman–Crippen MR) is 74.9 cm³/mol. The maximum Gasteiger partial charge on any atom is 0.138 e. The molecule has 0 amide bonds. The summed E-state index contributed by atoms with van der Waals surface area (Å²) in [4.78, 5) is 0. The Hall–Kier alpha value is -0.620. The van der Waals surface area contributed by atoms with Crippen LogP contribution in [-0.2, 0) is 11.3 Å². The molecule has 0 spiro atoms. The summed E-state index contributed by atoms with van der Waals surface area (Å²) in [7, 11) is 0. The lowest BCUT2D eigenvalue weighted by Crippen LogP contribution is -2.14. The van der Waals surface area contributed by atoms with E-state index in [1.807, 2.05) is 18.2 Å². The largest absolute Gasteiger partial charge is 0.490 e. The zero-order chi connectivity index (χ0) is 13.2. The monoisotopic (exact) mass is 317 g/mol. The van der Waals surface area contributed by atoms with Crippen LogP contribution < -0.4 is 10.1 Å². The van der Waals surface area contributed by atoms with Crippen LogP contribution in [0.3, 0.4) is 0 Å². The summed E-state index contributed by atoms with van der Waals surface area (Å²) in [5, 5.41) is 11.9. The molecule has 0 unspecified atom stereocenters. The van der Waals surface area contributed by atoms with Crippen molar-refractivity contribution in [3.63, 3.8) is 0 Å². The average molecular weight is 318 g/mol. The molecular formula is C13H20BrNO3. The first-order valence-corrected chi connectivity index (χ1v) is 6.88. The van der Waals surface area contributed by atoms with Gasteiger partial charge in [0.25, 0.3) is 0 Å². The first kappa shape index (κ1) is 15.4. The number of halogens is 1. The van der Waals surface area contributed by atoms with Gasteiger partial charge in [-0.05, 0) is 28.5 Å². The Morgan fingerprint density at radius 1 is 1.28 bits per heavy atom. The molecule has 0 saturated heterocycles. The van der Waals surface area contributed by atoms with Crippen molar-refractivity contribution in [3.8, 4) is 5.75 Å². The molecule has 0 saturated carbocycles. The van der Waals surface area contributed by atoms with Gasteiger partial charge >= 0.3 is 0 Å². The van der Waals surface area contributed by atoms with Crippen LogP contribution in [0.15, 0.2) is 22.7 Å². The molecule has 5 heteroatoms. The van der Waals surface area contributed by atoms with Crippen molar-refractivity contribution >= 4 is 15.9 Å². The zero-order valence-corrected chi connectivity index (χ0v) is 12.2. The fourth-order valence-corrected chi connectivity index (χ4v) is 2.01. The van der Waals surface area contributed by atoms with Crippen molar-refractivity contribution in [2.24, 2.45) is 0 Å². The van der Waals surface area contributed by atoms with Crippen molar-refractivity contribution in [3.05, 3.63) is 28.2 Å². The predicted octanol–water partition coefficient (Wildman–Crippen LogP) is 1.95. The van der Waals surface area contributed by atoms with E-state index in [1.54, 1.807) is 0 Å². The second-order valence-electron chi connectivity index (χ2n) is 3.69. The number of benzene rings is 1. The lowest BCUT2D eigenvalue weighted by molar-refractivity contribution is 0.0701. The second kappa shape index (κ2) is 9.33. The molecular weight excluding hydrogens is 298 g/mol. The standard InChI is InChI=1S/C13H20BrNO3/c1-2-15-10-11-4-3-5-12(14)13(11)18-9-8-17-7-6-16/h3-5,15-16H,2,6-10H2,1H3. The van der Waals surface area contributed by atoms with Crippen molar-refractivity contribution in [2.45, 2.75) is 13.5 Å². The van der Waals surface area contributed by atoms with Crippen LogP contribution in [0.2, 0.25) is 0 Å². The van der Waals surface area contributed by atoms with E-state index in [9.17, 15) is 0 Å². The van der Waals surface area contributed by atoms with Crippen LogP contribution in [-0.4, -0.2) is 38.1 Å². The molecule has 1 rings (SSSR count). The van der Waals surface area contributed by atoms with E-state index in [1.165, 1.54) is 0 Å². The minimum absolute atomic E-state index is 0.0424. The average Bonchev–Trinajstić information content (AvgIpc) is 2.38. The van der Waals surface area contributed by atoms with Gasteiger partial charge in [-0.25, -0.2) is 0 Å². The maximum absolute atomic E-state index is 8.59. The molecule has 18 heavy (non-hydrogen) atoms. The minimum Gasteiger partial charge on any atom is -0.490 e. The number of rotatable bonds is 9. The smallest absolute Gasteiger partial charge is 0.138 e. The molecule has 1 aromatic rings. The molecule has 0 aromatic heterocycles. The topological polar surface area (TPSA) is 50.7 Å². The van der Waals surface area contributed by atoms with E-state index in [0.29, 0.717) is 19.8 Å². The molecule has 0 aliphatic heterocycles. The molecule has 0 radical (unpaired) electrons. The van der Waals surface area contributed by atoms with E-state index in [-0.39, 0.29) is 6.61 Å². The third kappa shape index (κ3) is 5.35. The summed E-state index contributed by atoms with van der Waals surface area (Å²) < 4.78 is 11.8. The molecule has 102 valence electrons. The number of ether oxygens (including phenoxy) is 2. The van der Waals surface area contributed by atoms with Gasteiger partial charge in [0, 0.05) is 12.1 Å². The highest BCUT2D eigenvalue weighted by Gasteiger charge is 2.07. The van der Waals surface area contributed by atoms with Gasteiger partial charge in [-0.3, -0.25) is 0 Å². The number of aliphatic hydroxyl groups excluding tert-OH is 1. The van der Waals surface area contributed by atoms with Crippen molar-refractivity contribution in [1.29, 1.82) is 0 Å². The van der Waals surface area contributed by atoms with Crippen LogP contribution in [0.1, 0.15) is 12.5 Å². The van der Waals surface area contributed by atoms with Gasteiger partial charge in [0.15, 0.2) is 0 Å². The Morgan fingerprint density at radius 3 is 2.83 bits per heavy atom. The Morgan fingerprint density at radius 2 is 2.11 bits per heavy atom. The Labute approximate surface area is 116 Å². The van der Waals surface area contributed by atoms with Gasteiger partial charge in [-0.15, -0.1) is 0 Å². The maximum atomic E-state index is 8.59. The van der Waals surface area contributed by atoms with Crippen LogP contribution in [0.5, 0.6) is 5.75 Å². The lowest BCUT2D eigenvalue weighted by atomic mass is 10.2. The molecule has 1 aromatic carbocycles. The summed E-state index contributed by atoms with van der Waals surface area (Å²) in [5.41, 5.74) is 1.12. The number of hydrogen-bond donors (Lipinski definition) is 2. The molecule has 0 fully saturated rings. The Bertz CT molecular complexity index is 347. The third-order valence-corrected chi connectivity index (χ3v) is 2.95. The fourth-order valence-electron chi connectivity index (χ4n) is 1.48. The molecule has 0 bridgehead atoms. The Balaban J connectivity index is 2.50. The zero-order valence-electron chi connectivity index (χ0n) is 10.6. The van der Waals surface area contributed by atoms with Gasteiger partial charge in [0.05, 0.1) is 24.3 Å². The summed E-state index contributed by atoms with van der Waals surface area (Å²) in [5.74, 6) is 0.853. The van der Waals surface area contributed by atoms with Crippen LogP contribution in [0.4, 0.5) is 0 Å². The number of para-hydroxylation sites is 1. The first-order chi connectivity index (χ1) is 8.79. The van der Waals surface area contributed by atoms with E-state index in [4.69, 9.17) is 14.6 Å². The highest BCUT2D eigenvalue weighted by molar-refractivity contribution is 9.10. The number of aliphatic hydroxyl groups is 1. The highest BCUT2D eigenvalue weighted by atomic mass is 79.9. The van der Waals surface area contributed by atoms with Crippen molar-refractivity contribution in [2.75, 3.05) is 33.0 Å². The summed E-state index contributed by atoms with van der Waals surface area (Å²) >= 11 is 3.49. The minimum atomic E-state index is 0.0424. The molecule has 0 aliphatic carbocycles. The number of hydrogen-bond acceptors (Lipinski definition) is 4. The van der Waals surface area contributed by atoms with Gasteiger partial charge in [-0.2, -0.15) is 0 Å². The van der Waals surface area contributed by atoms with Gasteiger partial charge < -0.3 is 19.9 Å². The summed E-state index contributed by atoms with van der Waals surface area (Å²) in [6.07, 6.45) is 0. The summed E-state index contributed by atoms with van der Waals surface area (Å²) in [6.45, 7) is 5.12. The molecule has 4 nitrogen and oxygen atoms in total. The van der Waals surface area contributed by atoms with E-state index < -0.39 is 0 Å². The molecule has 0 aliphatic rings. The molecule has 0 heterocycles.